The number of fused-ring (bicyclic) bond motifs is 1. The van der Waals surface area contributed by atoms with Crippen molar-refractivity contribution in [2.45, 2.75) is 19.5 Å². The molecule has 0 saturated carbocycles. The van der Waals surface area contributed by atoms with Crippen molar-refractivity contribution < 1.29 is 17.6 Å². The Morgan fingerprint density at radius 2 is 2.05 bits per heavy atom. The van der Waals surface area contributed by atoms with Crippen molar-refractivity contribution in [2.75, 3.05) is 0 Å². The van der Waals surface area contributed by atoms with Crippen molar-refractivity contribution in [2.24, 2.45) is 0 Å². The summed E-state index contributed by atoms with van der Waals surface area (Å²) in [5.74, 6) is 0.198. The lowest BCUT2D eigenvalue weighted by atomic mass is 10.2. The molecular weight excluding hydrogens is 283 g/mol. The Kier molecular flexibility index (Phi) is 3.12. The Labute approximate surface area is 117 Å². The molecule has 2 heterocycles. The summed E-state index contributed by atoms with van der Waals surface area (Å²) in [6, 6.07) is 3.20. The lowest BCUT2D eigenvalue weighted by Crippen LogP contribution is -2.03. The maximum atomic E-state index is 12.7. The molecule has 0 atom stereocenters. The van der Waals surface area contributed by atoms with Gasteiger partial charge in [0, 0.05) is 11.8 Å². The molecule has 0 spiro atoms. The first-order valence-corrected chi connectivity index (χ1v) is 6.26. The van der Waals surface area contributed by atoms with Gasteiger partial charge in [-0.15, -0.1) is 0 Å². The smallest absolute Gasteiger partial charge is 0.416 e. The van der Waals surface area contributed by atoms with Crippen molar-refractivity contribution in [3.05, 3.63) is 41.9 Å². The summed E-state index contributed by atoms with van der Waals surface area (Å²) in [5.41, 5.74) is 1.00. The van der Waals surface area contributed by atoms with Crippen LogP contribution < -0.4 is 0 Å². The highest BCUT2D eigenvalue weighted by atomic mass is 19.4. The fourth-order valence-electron chi connectivity index (χ4n) is 2.01. The second-order valence-corrected chi connectivity index (χ2v) is 4.45. The summed E-state index contributed by atoms with van der Waals surface area (Å²) < 4.78 is 43.6. The van der Waals surface area contributed by atoms with Crippen LogP contribution in [0.4, 0.5) is 13.2 Å². The Morgan fingerprint density at radius 3 is 2.76 bits per heavy atom. The number of halogens is 3. The van der Waals surface area contributed by atoms with E-state index in [1.165, 1.54) is 12.4 Å². The van der Waals surface area contributed by atoms with Crippen molar-refractivity contribution in [1.29, 1.82) is 0 Å². The lowest BCUT2D eigenvalue weighted by Gasteiger charge is -2.04. The number of benzene rings is 1. The highest BCUT2D eigenvalue weighted by Gasteiger charge is 2.31. The van der Waals surface area contributed by atoms with Gasteiger partial charge in [-0.3, -0.25) is 0 Å². The summed E-state index contributed by atoms with van der Waals surface area (Å²) in [7, 11) is 0. The van der Waals surface area contributed by atoms with Gasteiger partial charge < -0.3 is 4.42 Å². The third-order valence-corrected chi connectivity index (χ3v) is 3.09. The zero-order valence-electron chi connectivity index (χ0n) is 11.0. The van der Waals surface area contributed by atoms with E-state index in [4.69, 9.17) is 4.42 Å². The molecule has 0 fully saturated rings. The molecule has 3 aromatic rings. The van der Waals surface area contributed by atoms with Gasteiger partial charge >= 0.3 is 6.18 Å². The molecule has 7 heteroatoms. The van der Waals surface area contributed by atoms with Crippen LogP contribution in [0, 0.1) is 0 Å². The van der Waals surface area contributed by atoms with Crippen molar-refractivity contribution in [3.63, 3.8) is 0 Å². The molecule has 4 nitrogen and oxygen atoms in total. The third kappa shape index (κ3) is 2.46. The number of hydrogen-bond acceptors (Lipinski definition) is 4. The van der Waals surface area contributed by atoms with Crippen LogP contribution in [-0.4, -0.2) is 15.0 Å². The maximum Gasteiger partial charge on any atom is 0.416 e. The Bertz CT molecular complexity index is 796. The van der Waals surface area contributed by atoms with E-state index in [1.807, 2.05) is 6.92 Å². The van der Waals surface area contributed by atoms with Gasteiger partial charge in [0.2, 0.25) is 5.89 Å². The van der Waals surface area contributed by atoms with Gasteiger partial charge in [0.1, 0.15) is 17.5 Å². The average molecular weight is 293 g/mol. The number of nitrogens with zero attached hydrogens (tertiary/aromatic N) is 3. The van der Waals surface area contributed by atoms with E-state index in [0.29, 0.717) is 17.7 Å². The van der Waals surface area contributed by atoms with Crippen LogP contribution in [0.2, 0.25) is 0 Å². The first-order valence-electron chi connectivity index (χ1n) is 6.26. The molecule has 0 aliphatic rings. The third-order valence-electron chi connectivity index (χ3n) is 3.09. The van der Waals surface area contributed by atoms with Gasteiger partial charge in [0.05, 0.1) is 5.56 Å². The van der Waals surface area contributed by atoms with Crippen LogP contribution >= 0.6 is 0 Å². The van der Waals surface area contributed by atoms with Crippen LogP contribution in [0.25, 0.3) is 22.7 Å². The molecule has 0 N–H and O–H groups in total. The minimum Gasteiger partial charge on any atom is -0.435 e. The second kappa shape index (κ2) is 4.83. The minimum absolute atomic E-state index is 0.153. The molecule has 0 saturated heterocycles. The van der Waals surface area contributed by atoms with E-state index in [1.54, 1.807) is 6.20 Å². The van der Waals surface area contributed by atoms with Gasteiger partial charge in [0.15, 0.2) is 5.58 Å². The molecule has 2 aromatic heterocycles. The molecule has 0 bridgehead atoms. The monoisotopic (exact) mass is 293 g/mol. The molecule has 108 valence electrons. The number of aromatic nitrogens is 3. The number of oxazole rings is 1. The zero-order valence-corrected chi connectivity index (χ0v) is 11.0. The van der Waals surface area contributed by atoms with Crippen LogP contribution in [0.15, 0.2) is 35.1 Å². The number of aryl methyl sites for hydroxylation is 1. The van der Waals surface area contributed by atoms with Gasteiger partial charge in [0.25, 0.3) is 0 Å². The summed E-state index contributed by atoms with van der Waals surface area (Å²) in [5, 5.41) is 0. The summed E-state index contributed by atoms with van der Waals surface area (Å²) >= 11 is 0. The first kappa shape index (κ1) is 13.5. The largest absolute Gasteiger partial charge is 0.435 e. The Balaban J connectivity index is 2.13. The highest BCUT2D eigenvalue weighted by Crippen LogP contribution is 2.32. The van der Waals surface area contributed by atoms with E-state index < -0.39 is 11.7 Å². The molecule has 21 heavy (non-hydrogen) atoms. The van der Waals surface area contributed by atoms with E-state index in [0.717, 1.165) is 17.7 Å². The van der Waals surface area contributed by atoms with E-state index in [-0.39, 0.29) is 11.4 Å². The normalized spacial score (nSPS) is 12.0. The standard InChI is InChI=1S/C14H10F3N3O/c1-2-8-6-18-7-19-12(8)13-20-10-5-9(14(15,16)17)3-4-11(10)21-13/h3-7H,2H2,1H3. The molecule has 0 aliphatic heterocycles. The predicted octanol–water partition coefficient (Wildman–Crippen LogP) is 3.87. The van der Waals surface area contributed by atoms with E-state index >= 15 is 0 Å². The van der Waals surface area contributed by atoms with Gasteiger partial charge in [-0.2, -0.15) is 13.2 Å². The molecule has 0 radical (unpaired) electrons. The summed E-state index contributed by atoms with van der Waals surface area (Å²) in [6.45, 7) is 1.92. The van der Waals surface area contributed by atoms with Gasteiger partial charge in [-0.1, -0.05) is 6.92 Å². The fraction of sp³-hybridized carbons (Fsp3) is 0.214. The second-order valence-electron chi connectivity index (χ2n) is 4.45. The molecule has 1 aromatic carbocycles. The highest BCUT2D eigenvalue weighted by molar-refractivity contribution is 5.76. The zero-order chi connectivity index (χ0) is 15.0. The topological polar surface area (TPSA) is 51.8 Å². The summed E-state index contributed by atoms with van der Waals surface area (Å²) in [6.07, 6.45) is -0.748. The lowest BCUT2D eigenvalue weighted by molar-refractivity contribution is -0.137. The maximum absolute atomic E-state index is 12.7. The SMILES string of the molecule is CCc1cncnc1-c1nc2cc(C(F)(F)F)ccc2o1. The van der Waals surface area contributed by atoms with E-state index in [2.05, 4.69) is 15.0 Å². The van der Waals surface area contributed by atoms with Crippen LogP contribution in [0.5, 0.6) is 0 Å². The van der Waals surface area contributed by atoms with Crippen LogP contribution in [-0.2, 0) is 12.6 Å². The van der Waals surface area contributed by atoms with E-state index in [9.17, 15) is 13.2 Å². The van der Waals surface area contributed by atoms with Crippen molar-refractivity contribution >= 4 is 11.1 Å². The van der Waals surface area contributed by atoms with Crippen molar-refractivity contribution in [1.82, 2.24) is 15.0 Å². The molecular formula is C14H10F3N3O. The van der Waals surface area contributed by atoms with Crippen LogP contribution in [0.3, 0.4) is 0 Å². The van der Waals surface area contributed by atoms with Gasteiger partial charge in [-0.05, 0) is 24.6 Å². The van der Waals surface area contributed by atoms with Crippen LogP contribution in [0.1, 0.15) is 18.1 Å². The predicted molar refractivity (Wildman–Crippen MR) is 69.4 cm³/mol. The molecule has 3 rings (SSSR count). The quantitative estimate of drug-likeness (QED) is 0.719. The Hall–Kier alpha value is -2.44. The van der Waals surface area contributed by atoms with Crippen molar-refractivity contribution in [3.8, 4) is 11.6 Å². The number of rotatable bonds is 2. The fourth-order valence-corrected chi connectivity index (χ4v) is 2.01. The molecule has 0 amide bonds. The number of alkyl halides is 3. The molecule has 0 unspecified atom stereocenters. The minimum atomic E-state index is -4.41. The molecule has 0 aliphatic carbocycles. The van der Waals surface area contributed by atoms with Gasteiger partial charge in [-0.25, -0.2) is 15.0 Å². The average Bonchev–Trinajstić information content (AvgIpc) is 2.89. The number of hydrogen-bond donors (Lipinski definition) is 0. The first-order chi connectivity index (χ1) is 9.99. The summed E-state index contributed by atoms with van der Waals surface area (Å²) in [4.78, 5) is 12.1. The Morgan fingerprint density at radius 1 is 1.24 bits per heavy atom.